The van der Waals surface area contributed by atoms with Crippen molar-refractivity contribution in [1.82, 2.24) is 24.5 Å². The Balaban J connectivity index is 0.979. The number of thiazole rings is 1. The van der Waals surface area contributed by atoms with E-state index in [0.717, 1.165) is 65.0 Å². The molecule has 0 amide bonds. The van der Waals surface area contributed by atoms with Gasteiger partial charge in [-0.1, -0.05) is 158 Å². The maximum Gasteiger partial charge on any atom is 0.164 e. The molecule has 0 aliphatic rings. The van der Waals surface area contributed by atoms with Crippen molar-refractivity contribution in [2.45, 2.75) is 0 Å². The summed E-state index contributed by atoms with van der Waals surface area (Å²) in [5.74, 6) is 1.85. The lowest BCUT2D eigenvalue weighted by Gasteiger charge is -2.10. The molecule has 8 aromatic carbocycles. The van der Waals surface area contributed by atoms with Gasteiger partial charge in [-0.25, -0.2) is 19.9 Å². The minimum absolute atomic E-state index is 0.603. The first-order valence-electron chi connectivity index (χ1n) is 19.3. The van der Waals surface area contributed by atoms with E-state index in [9.17, 15) is 0 Å². The van der Waals surface area contributed by atoms with Gasteiger partial charge in [0.25, 0.3) is 0 Å². The van der Waals surface area contributed by atoms with Crippen molar-refractivity contribution >= 4 is 43.4 Å². The maximum atomic E-state index is 5.22. The van der Waals surface area contributed by atoms with Crippen LogP contribution >= 0.6 is 11.3 Å². The molecule has 0 spiro atoms. The number of rotatable bonds is 7. The van der Waals surface area contributed by atoms with Gasteiger partial charge < -0.3 is 4.57 Å². The molecule has 3 heterocycles. The Morgan fingerprint density at radius 3 is 1.57 bits per heavy atom. The zero-order valence-corrected chi connectivity index (χ0v) is 32.0. The lowest BCUT2D eigenvalue weighted by atomic mass is 10.00. The summed E-state index contributed by atoms with van der Waals surface area (Å²) in [4.78, 5) is 20.6. The third-order valence-electron chi connectivity index (χ3n) is 10.7. The fraction of sp³-hybridized carbons (Fsp3) is 0. The molecule has 3 aromatic heterocycles. The minimum Gasteiger partial charge on any atom is -0.309 e. The molecule has 0 radical (unpaired) electrons. The van der Waals surface area contributed by atoms with E-state index in [1.165, 1.54) is 22.3 Å². The van der Waals surface area contributed by atoms with Crippen LogP contribution in [-0.2, 0) is 0 Å². The van der Waals surface area contributed by atoms with Gasteiger partial charge in [0.1, 0.15) is 5.01 Å². The smallest absolute Gasteiger partial charge is 0.164 e. The third kappa shape index (κ3) is 6.04. The first-order valence-corrected chi connectivity index (χ1v) is 20.1. The zero-order chi connectivity index (χ0) is 38.4. The lowest BCUT2D eigenvalue weighted by Crippen LogP contribution is -2.00. The van der Waals surface area contributed by atoms with E-state index in [2.05, 4.69) is 168 Å². The second-order valence-corrected chi connectivity index (χ2v) is 15.3. The average molecular weight is 760 g/mol. The van der Waals surface area contributed by atoms with Crippen LogP contribution in [0.3, 0.4) is 0 Å². The molecule has 11 rings (SSSR count). The van der Waals surface area contributed by atoms with Gasteiger partial charge in [-0.05, 0) is 64.7 Å². The largest absolute Gasteiger partial charge is 0.309 e. The van der Waals surface area contributed by atoms with E-state index < -0.39 is 0 Å². The van der Waals surface area contributed by atoms with Crippen LogP contribution in [0.5, 0.6) is 0 Å². The SMILES string of the molecule is c1ccc(-c2ccc(-c3ccc(-c4nc5cc(-c6nc(-c7ccccc7)nc(-c7cccc8c7c7ccccc7n8-c7ccccc7)n6)ccc5s4)cc3)cc2)cc1. The Morgan fingerprint density at radius 2 is 0.879 bits per heavy atom. The van der Waals surface area contributed by atoms with Crippen molar-refractivity contribution in [3.05, 3.63) is 200 Å². The molecule has 11 aromatic rings. The van der Waals surface area contributed by atoms with Crippen molar-refractivity contribution in [2.24, 2.45) is 0 Å². The highest BCUT2D eigenvalue weighted by atomic mass is 32.1. The molecular formula is C52H33N5S. The number of benzene rings is 8. The van der Waals surface area contributed by atoms with Gasteiger partial charge in [0.15, 0.2) is 17.5 Å². The van der Waals surface area contributed by atoms with Crippen LogP contribution < -0.4 is 0 Å². The highest BCUT2D eigenvalue weighted by Gasteiger charge is 2.20. The maximum absolute atomic E-state index is 5.22. The van der Waals surface area contributed by atoms with E-state index in [-0.39, 0.29) is 0 Å². The van der Waals surface area contributed by atoms with Crippen LogP contribution in [-0.4, -0.2) is 24.5 Å². The number of para-hydroxylation sites is 2. The predicted octanol–water partition coefficient (Wildman–Crippen LogP) is 13.6. The predicted molar refractivity (Wildman–Crippen MR) is 240 cm³/mol. The van der Waals surface area contributed by atoms with Crippen LogP contribution in [0, 0.1) is 0 Å². The summed E-state index contributed by atoms with van der Waals surface area (Å²) in [7, 11) is 0. The Bertz CT molecular complexity index is 3250. The Morgan fingerprint density at radius 1 is 0.362 bits per heavy atom. The highest BCUT2D eigenvalue weighted by molar-refractivity contribution is 7.21. The zero-order valence-electron chi connectivity index (χ0n) is 31.2. The third-order valence-corrected chi connectivity index (χ3v) is 11.8. The van der Waals surface area contributed by atoms with E-state index in [1.807, 2.05) is 36.4 Å². The van der Waals surface area contributed by atoms with Crippen molar-refractivity contribution < 1.29 is 0 Å². The lowest BCUT2D eigenvalue weighted by molar-refractivity contribution is 1.08. The molecule has 0 N–H and O–H groups in total. The van der Waals surface area contributed by atoms with Crippen molar-refractivity contribution in [3.63, 3.8) is 0 Å². The van der Waals surface area contributed by atoms with Gasteiger partial charge in [0.05, 0.1) is 21.3 Å². The van der Waals surface area contributed by atoms with Crippen LogP contribution in [0.25, 0.3) is 105 Å². The number of nitrogens with zero attached hydrogens (tertiary/aromatic N) is 5. The summed E-state index contributed by atoms with van der Waals surface area (Å²) in [6.07, 6.45) is 0. The second kappa shape index (κ2) is 14.2. The molecular weight excluding hydrogens is 727 g/mol. The quantitative estimate of drug-likeness (QED) is 0.162. The first-order chi connectivity index (χ1) is 28.7. The van der Waals surface area contributed by atoms with Crippen LogP contribution in [0.1, 0.15) is 0 Å². The highest BCUT2D eigenvalue weighted by Crippen LogP contribution is 2.39. The fourth-order valence-electron chi connectivity index (χ4n) is 7.88. The van der Waals surface area contributed by atoms with Crippen LogP contribution in [0.4, 0.5) is 0 Å². The number of aromatic nitrogens is 5. The van der Waals surface area contributed by atoms with Crippen molar-refractivity contribution in [1.29, 1.82) is 0 Å². The van der Waals surface area contributed by atoms with Crippen LogP contribution in [0.2, 0.25) is 0 Å². The van der Waals surface area contributed by atoms with Gasteiger partial charge in [-0.3, -0.25) is 0 Å². The first kappa shape index (κ1) is 33.8. The Kier molecular flexibility index (Phi) is 8.26. The fourth-order valence-corrected chi connectivity index (χ4v) is 8.84. The normalized spacial score (nSPS) is 11.4. The topological polar surface area (TPSA) is 56.5 Å². The molecule has 0 saturated heterocycles. The Hall–Kier alpha value is -7.54. The van der Waals surface area contributed by atoms with E-state index in [0.29, 0.717) is 17.5 Å². The molecule has 0 fully saturated rings. The summed E-state index contributed by atoms with van der Waals surface area (Å²) in [5, 5.41) is 3.22. The van der Waals surface area contributed by atoms with E-state index in [4.69, 9.17) is 19.9 Å². The summed E-state index contributed by atoms with van der Waals surface area (Å²) in [6.45, 7) is 0. The monoisotopic (exact) mass is 759 g/mol. The molecule has 0 aliphatic heterocycles. The summed E-state index contributed by atoms with van der Waals surface area (Å²) >= 11 is 1.69. The Labute approximate surface area is 339 Å². The van der Waals surface area contributed by atoms with Gasteiger partial charge in [0.2, 0.25) is 0 Å². The van der Waals surface area contributed by atoms with Gasteiger partial charge in [0, 0.05) is 38.7 Å². The molecule has 5 nitrogen and oxygen atoms in total. The second-order valence-electron chi connectivity index (χ2n) is 14.3. The van der Waals surface area contributed by atoms with Crippen molar-refractivity contribution in [2.75, 3.05) is 0 Å². The molecule has 272 valence electrons. The molecule has 0 atom stereocenters. The number of hydrogen-bond acceptors (Lipinski definition) is 5. The van der Waals surface area contributed by atoms with E-state index in [1.54, 1.807) is 11.3 Å². The molecule has 0 bridgehead atoms. The van der Waals surface area contributed by atoms with E-state index >= 15 is 0 Å². The molecule has 6 heteroatoms. The summed E-state index contributed by atoms with van der Waals surface area (Å²) in [5.41, 5.74) is 12.9. The van der Waals surface area contributed by atoms with Crippen LogP contribution in [0.15, 0.2) is 200 Å². The average Bonchev–Trinajstić information content (AvgIpc) is 3.89. The molecule has 0 saturated carbocycles. The standard InChI is InChI=1S/C52H33N5S/c1-4-13-34(14-5-1)35-23-25-36(26-24-35)37-27-29-39(30-28-37)52-53-44-33-40(31-32-47(44)58-52)50-54-49(38-15-6-2-7-16-38)55-51(56-50)43-20-12-22-46-48(43)42-19-10-11-21-45(42)57(46)41-17-8-3-9-18-41/h1-33H. The van der Waals surface area contributed by atoms with Gasteiger partial charge >= 0.3 is 0 Å². The summed E-state index contributed by atoms with van der Waals surface area (Å²) < 4.78 is 3.43. The number of fused-ring (bicyclic) bond motifs is 4. The molecule has 58 heavy (non-hydrogen) atoms. The van der Waals surface area contributed by atoms with Crippen molar-refractivity contribution in [3.8, 4) is 72.7 Å². The number of hydrogen-bond donors (Lipinski definition) is 0. The van der Waals surface area contributed by atoms with Gasteiger partial charge in [-0.2, -0.15) is 0 Å². The van der Waals surface area contributed by atoms with Gasteiger partial charge in [-0.15, -0.1) is 11.3 Å². The molecule has 0 unspecified atom stereocenters. The molecule has 0 aliphatic carbocycles. The summed E-state index contributed by atoms with van der Waals surface area (Å²) in [6, 6.07) is 69.9. The minimum atomic E-state index is 0.603.